The molecule has 0 radical (unpaired) electrons. The summed E-state index contributed by atoms with van der Waals surface area (Å²) in [7, 11) is -0.267. The van der Waals surface area contributed by atoms with Gasteiger partial charge in [-0.2, -0.15) is 5.10 Å². The quantitative estimate of drug-likeness (QED) is 0.205. The summed E-state index contributed by atoms with van der Waals surface area (Å²) in [5.74, 6) is 0.938. The van der Waals surface area contributed by atoms with Crippen LogP contribution in [0.25, 0.3) is 22.8 Å². The number of aromatic nitrogens is 4. The van der Waals surface area contributed by atoms with E-state index in [4.69, 9.17) is 47.8 Å². The van der Waals surface area contributed by atoms with Gasteiger partial charge < -0.3 is 19.6 Å². The topological polar surface area (TPSA) is 114 Å². The molecule has 0 spiro atoms. The van der Waals surface area contributed by atoms with Crippen LogP contribution in [0.3, 0.4) is 0 Å². The maximum atomic E-state index is 11.1. The molecule has 0 fully saturated rings. The van der Waals surface area contributed by atoms with Gasteiger partial charge in [-0.15, -0.1) is 0 Å². The molecule has 1 atom stereocenters. The van der Waals surface area contributed by atoms with E-state index >= 15 is 0 Å². The van der Waals surface area contributed by atoms with Crippen LogP contribution in [0.4, 0.5) is 4.79 Å². The number of hydrogen-bond acceptors (Lipinski definition) is 7. The van der Waals surface area contributed by atoms with Crippen LogP contribution >= 0.6 is 23.2 Å². The zero-order valence-electron chi connectivity index (χ0n) is 23.8. The minimum Gasteiger partial charge on any atom is -0.491 e. The van der Waals surface area contributed by atoms with Gasteiger partial charge in [0.15, 0.2) is 14.1 Å². The first kappa shape index (κ1) is 30.9. The van der Waals surface area contributed by atoms with Crippen molar-refractivity contribution in [2.24, 2.45) is 12.8 Å². The number of hydrogen-bond donors (Lipinski definition) is 1. The van der Waals surface area contributed by atoms with Gasteiger partial charge >= 0.3 is 6.09 Å². The van der Waals surface area contributed by atoms with Crippen molar-refractivity contribution in [1.29, 1.82) is 0 Å². The summed E-state index contributed by atoms with van der Waals surface area (Å²) in [6, 6.07) is 5.29. The Hall–Kier alpha value is -2.66. The highest BCUT2D eigenvalue weighted by Crippen LogP contribution is 2.38. The summed E-state index contributed by atoms with van der Waals surface area (Å²) < 4.78 is 19.4. The van der Waals surface area contributed by atoms with Crippen LogP contribution in [0.5, 0.6) is 5.75 Å². The third-order valence-corrected chi connectivity index (χ3v) is 12.2. The molecule has 1 aromatic carbocycles. The van der Waals surface area contributed by atoms with E-state index in [0.717, 1.165) is 16.8 Å². The summed E-state index contributed by atoms with van der Waals surface area (Å²) in [5, 5.41) is 5.11. The van der Waals surface area contributed by atoms with E-state index in [9.17, 15) is 4.79 Å². The second-order valence-corrected chi connectivity index (χ2v) is 16.5. The van der Waals surface area contributed by atoms with Gasteiger partial charge in [-0.1, -0.05) is 44.0 Å². The summed E-state index contributed by atoms with van der Waals surface area (Å²) >= 11 is 13.1. The van der Waals surface area contributed by atoms with Gasteiger partial charge in [-0.3, -0.25) is 4.68 Å². The first-order valence-electron chi connectivity index (χ1n) is 12.7. The number of halogens is 2. The molecule has 0 saturated carbocycles. The van der Waals surface area contributed by atoms with Crippen molar-refractivity contribution >= 4 is 37.6 Å². The van der Waals surface area contributed by atoms with E-state index in [1.165, 1.54) is 0 Å². The van der Waals surface area contributed by atoms with Gasteiger partial charge in [0.25, 0.3) is 0 Å². The molecule has 2 aromatic heterocycles. The summed E-state index contributed by atoms with van der Waals surface area (Å²) in [6.07, 6.45) is 1.10. The highest BCUT2D eigenvalue weighted by Gasteiger charge is 2.39. The van der Waals surface area contributed by atoms with Gasteiger partial charge in [0.2, 0.25) is 0 Å². The van der Waals surface area contributed by atoms with E-state index in [1.807, 2.05) is 20.9 Å². The Morgan fingerprint density at radius 2 is 1.87 bits per heavy atom. The van der Waals surface area contributed by atoms with Crippen molar-refractivity contribution in [3.8, 4) is 28.5 Å². The van der Waals surface area contributed by atoms with E-state index in [2.05, 4.69) is 43.9 Å². The van der Waals surface area contributed by atoms with E-state index < -0.39 is 14.4 Å². The molecule has 212 valence electrons. The summed E-state index contributed by atoms with van der Waals surface area (Å²) in [6.45, 7) is 15.0. The number of aryl methyl sites for hydroxylation is 2. The number of nitrogens with two attached hydrogens (primary N) is 1. The Morgan fingerprint density at radius 1 is 1.18 bits per heavy atom. The lowest BCUT2D eigenvalue weighted by atomic mass is 10.1. The van der Waals surface area contributed by atoms with Gasteiger partial charge in [-0.25, -0.2) is 14.8 Å². The number of benzene rings is 1. The standard InChI is InChI=1S/C27H37Cl2N5O4Si/c1-16-14-31-34(6)23(16)22-17(2)24(29)33-25(32-22)20-13-18(9-10-21(20)28)37-15-19(11-12-36-26(30)35)38-39(7,8)27(3,4)5/h9-10,13-14,19H,11-12,15H2,1-8H3,(H2,30,35)/t19-/m1/s1. The number of rotatable bonds is 10. The molecule has 9 nitrogen and oxygen atoms in total. The predicted octanol–water partition coefficient (Wildman–Crippen LogP) is 6.72. The van der Waals surface area contributed by atoms with Gasteiger partial charge in [0, 0.05) is 24.6 Å². The molecule has 12 heteroatoms. The molecule has 39 heavy (non-hydrogen) atoms. The average Bonchev–Trinajstić information content (AvgIpc) is 3.16. The SMILES string of the molecule is Cc1cnn(C)c1-c1nc(-c2cc(OC[C@@H](CCOC(N)=O)O[Si](C)(C)C(C)(C)C)ccc2Cl)nc(Cl)c1C. The Morgan fingerprint density at radius 3 is 2.46 bits per heavy atom. The normalized spacial score (nSPS) is 12.9. The molecular weight excluding hydrogens is 557 g/mol. The predicted molar refractivity (Wildman–Crippen MR) is 157 cm³/mol. The number of ether oxygens (including phenoxy) is 2. The maximum absolute atomic E-state index is 11.1. The Bertz CT molecular complexity index is 1320. The van der Waals surface area contributed by atoms with Crippen LogP contribution in [-0.4, -0.2) is 53.5 Å². The second-order valence-electron chi connectivity index (χ2n) is 11.0. The lowest BCUT2D eigenvalue weighted by Gasteiger charge is -2.39. The second kappa shape index (κ2) is 12.2. The molecule has 0 saturated heterocycles. The summed E-state index contributed by atoms with van der Waals surface area (Å²) in [5.41, 5.74) is 8.98. The molecule has 0 bridgehead atoms. The number of carbonyl (C=O) groups is 1. The fourth-order valence-electron chi connectivity index (χ4n) is 3.74. The Labute approximate surface area is 241 Å². The fraction of sp³-hybridized carbons (Fsp3) is 0.481. The molecule has 0 aliphatic rings. The number of nitrogens with zero attached hydrogens (tertiary/aromatic N) is 4. The lowest BCUT2D eigenvalue weighted by molar-refractivity contribution is 0.0810. The van der Waals surface area contributed by atoms with Crippen LogP contribution in [0.2, 0.25) is 28.3 Å². The average molecular weight is 595 g/mol. The minimum absolute atomic E-state index is 0.00475. The van der Waals surface area contributed by atoms with Gasteiger partial charge in [-0.05, 0) is 55.7 Å². The number of primary amides is 1. The molecule has 0 unspecified atom stereocenters. The minimum atomic E-state index is -2.12. The smallest absolute Gasteiger partial charge is 0.404 e. The molecule has 0 aliphatic heterocycles. The van der Waals surface area contributed by atoms with Crippen molar-refractivity contribution in [2.75, 3.05) is 13.2 Å². The Kier molecular flexibility index (Phi) is 9.69. The van der Waals surface area contributed by atoms with E-state index in [1.54, 1.807) is 29.1 Å². The highest BCUT2D eigenvalue weighted by atomic mass is 35.5. The highest BCUT2D eigenvalue weighted by molar-refractivity contribution is 6.74. The van der Waals surface area contributed by atoms with Crippen LogP contribution in [0.15, 0.2) is 24.4 Å². The maximum Gasteiger partial charge on any atom is 0.404 e. The molecule has 0 aliphatic carbocycles. The summed E-state index contributed by atoms with van der Waals surface area (Å²) in [4.78, 5) is 20.4. The van der Waals surface area contributed by atoms with Crippen molar-refractivity contribution in [2.45, 2.75) is 65.3 Å². The molecule has 2 N–H and O–H groups in total. The van der Waals surface area contributed by atoms with Crippen LogP contribution < -0.4 is 10.5 Å². The van der Waals surface area contributed by atoms with Crippen molar-refractivity contribution in [3.63, 3.8) is 0 Å². The van der Waals surface area contributed by atoms with Crippen molar-refractivity contribution in [3.05, 3.63) is 45.7 Å². The molecule has 2 heterocycles. The fourth-order valence-corrected chi connectivity index (χ4v) is 5.49. The zero-order valence-corrected chi connectivity index (χ0v) is 26.3. The van der Waals surface area contributed by atoms with Gasteiger partial charge in [0.1, 0.15) is 17.5 Å². The van der Waals surface area contributed by atoms with Gasteiger partial charge in [0.05, 0.1) is 35.3 Å². The molecule has 3 aromatic rings. The van der Waals surface area contributed by atoms with E-state index in [0.29, 0.717) is 39.4 Å². The largest absolute Gasteiger partial charge is 0.491 e. The number of amides is 1. The number of carbonyl (C=O) groups excluding carboxylic acids is 1. The van der Waals surface area contributed by atoms with Crippen LogP contribution in [0.1, 0.15) is 38.3 Å². The first-order valence-corrected chi connectivity index (χ1v) is 16.3. The molecular formula is C27H37Cl2N5O4Si. The Balaban J connectivity index is 1.89. The lowest BCUT2D eigenvalue weighted by Crippen LogP contribution is -2.45. The van der Waals surface area contributed by atoms with Crippen molar-refractivity contribution in [1.82, 2.24) is 19.7 Å². The first-order chi connectivity index (χ1) is 18.1. The van der Waals surface area contributed by atoms with Crippen LogP contribution in [-0.2, 0) is 16.2 Å². The monoisotopic (exact) mass is 593 g/mol. The van der Waals surface area contributed by atoms with Crippen molar-refractivity contribution < 1.29 is 18.7 Å². The van der Waals surface area contributed by atoms with Crippen LogP contribution in [0, 0.1) is 13.8 Å². The zero-order chi connectivity index (χ0) is 29.1. The molecule has 1 amide bonds. The van der Waals surface area contributed by atoms with E-state index in [-0.39, 0.29) is 24.4 Å². The third kappa shape index (κ3) is 7.51. The third-order valence-electron chi connectivity index (χ3n) is 7.00. The molecule has 3 rings (SSSR count).